The van der Waals surface area contributed by atoms with E-state index in [9.17, 15) is 19.2 Å². The number of aromatic nitrogens is 2. The second-order valence-corrected chi connectivity index (χ2v) is 11.2. The SMILES string of the molecule is CCOC(=O)c1sc2c(c1C)c(=O)n(C(C)(C)C(=O)OC(C)(C)C)c(=O)n2C[C@@H](OC)c1ccccc1. The number of hydrogen-bond acceptors (Lipinski definition) is 8. The third-order valence-electron chi connectivity index (χ3n) is 5.94. The van der Waals surface area contributed by atoms with Gasteiger partial charge < -0.3 is 14.2 Å². The van der Waals surface area contributed by atoms with Crippen molar-refractivity contribution in [3.63, 3.8) is 0 Å². The van der Waals surface area contributed by atoms with Crippen molar-refractivity contribution in [3.05, 3.63) is 67.2 Å². The number of thiophene rings is 1. The number of carbonyl (C=O) groups is 2. The Morgan fingerprint density at radius 2 is 1.68 bits per heavy atom. The molecule has 0 unspecified atom stereocenters. The molecule has 0 radical (unpaired) electrons. The molecule has 0 aliphatic rings. The van der Waals surface area contributed by atoms with Gasteiger partial charge in [-0.15, -0.1) is 11.3 Å². The number of ether oxygens (including phenoxy) is 3. The van der Waals surface area contributed by atoms with Gasteiger partial charge in [0.15, 0.2) is 0 Å². The molecule has 2 heterocycles. The maximum Gasteiger partial charge on any atom is 0.348 e. The lowest BCUT2D eigenvalue weighted by atomic mass is 10.0. The summed E-state index contributed by atoms with van der Waals surface area (Å²) in [6.07, 6.45) is -0.536. The third-order valence-corrected chi connectivity index (χ3v) is 7.23. The van der Waals surface area contributed by atoms with E-state index in [1.165, 1.54) is 25.5 Å². The van der Waals surface area contributed by atoms with Gasteiger partial charge in [-0.3, -0.25) is 9.36 Å². The Labute approximate surface area is 219 Å². The first-order chi connectivity index (χ1) is 17.2. The number of rotatable bonds is 8. The highest BCUT2D eigenvalue weighted by Crippen LogP contribution is 2.31. The second kappa shape index (κ2) is 10.6. The Hall–Kier alpha value is -3.24. The molecule has 10 heteroatoms. The molecular formula is C27H34N2O7S. The van der Waals surface area contributed by atoms with Gasteiger partial charge in [0, 0.05) is 7.11 Å². The van der Waals surface area contributed by atoms with E-state index in [4.69, 9.17) is 14.2 Å². The number of nitrogens with zero attached hydrogens (tertiary/aromatic N) is 2. The molecule has 1 aromatic carbocycles. The number of methoxy groups -OCH3 is 1. The number of hydrogen-bond donors (Lipinski definition) is 0. The van der Waals surface area contributed by atoms with Gasteiger partial charge >= 0.3 is 17.6 Å². The van der Waals surface area contributed by atoms with Crippen molar-refractivity contribution in [2.24, 2.45) is 0 Å². The van der Waals surface area contributed by atoms with Gasteiger partial charge in [0.05, 0.1) is 18.5 Å². The Kier molecular flexibility index (Phi) is 8.14. The maximum absolute atomic E-state index is 14.0. The van der Waals surface area contributed by atoms with Crippen LogP contribution in [-0.4, -0.2) is 40.4 Å². The van der Waals surface area contributed by atoms with Crippen molar-refractivity contribution in [2.45, 2.75) is 72.3 Å². The first kappa shape index (κ1) is 28.3. The topological polar surface area (TPSA) is 106 Å². The molecule has 3 rings (SSSR count). The highest BCUT2D eigenvalue weighted by molar-refractivity contribution is 7.20. The summed E-state index contributed by atoms with van der Waals surface area (Å²) in [6, 6.07) is 9.35. The summed E-state index contributed by atoms with van der Waals surface area (Å²) >= 11 is 1.02. The van der Waals surface area contributed by atoms with Crippen molar-refractivity contribution < 1.29 is 23.8 Å². The van der Waals surface area contributed by atoms with Crippen LogP contribution in [0, 0.1) is 6.92 Å². The Morgan fingerprint density at radius 1 is 1.05 bits per heavy atom. The van der Waals surface area contributed by atoms with E-state index in [1.54, 1.807) is 34.6 Å². The van der Waals surface area contributed by atoms with Gasteiger partial charge in [-0.25, -0.2) is 19.0 Å². The van der Waals surface area contributed by atoms with Crippen molar-refractivity contribution in [1.29, 1.82) is 0 Å². The lowest BCUT2D eigenvalue weighted by Crippen LogP contribution is -2.54. The third kappa shape index (κ3) is 5.55. The normalized spacial score (nSPS) is 13.0. The number of esters is 2. The molecule has 0 amide bonds. The highest BCUT2D eigenvalue weighted by atomic mass is 32.1. The minimum atomic E-state index is -1.63. The van der Waals surface area contributed by atoms with E-state index < -0.39 is 40.4 Å². The van der Waals surface area contributed by atoms with Crippen molar-refractivity contribution in [3.8, 4) is 0 Å². The van der Waals surface area contributed by atoms with Gasteiger partial charge in [-0.05, 0) is 59.6 Å². The molecule has 0 N–H and O–H groups in total. The molecule has 3 aromatic rings. The summed E-state index contributed by atoms with van der Waals surface area (Å²) in [7, 11) is 1.53. The standard InChI is InChI=1S/C27H34N2O7S/c1-9-35-23(31)20-16(2)19-21(30)29(27(6,7)24(32)36-26(3,4)5)25(33)28(22(19)37-20)15-18(34-8)17-13-11-10-12-14-17/h10-14,18H,9,15H2,1-8H3/t18-/m1/s1. The predicted octanol–water partition coefficient (Wildman–Crippen LogP) is 4.17. The van der Waals surface area contributed by atoms with E-state index in [1.807, 2.05) is 30.3 Å². The van der Waals surface area contributed by atoms with E-state index in [-0.39, 0.29) is 23.4 Å². The smallest absolute Gasteiger partial charge is 0.348 e. The van der Waals surface area contributed by atoms with Crippen LogP contribution in [0.3, 0.4) is 0 Å². The minimum Gasteiger partial charge on any atom is -0.462 e. The van der Waals surface area contributed by atoms with Crippen LogP contribution in [0.2, 0.25) is 0 Å². The van der Waals surface area contributed by atoms with Crippen LogP contribution < -0.4 is 11.2 Å². The number of benzene rings is 1. The number of carbonyl (C=O) groups excluding carboxylic acids is 2. The zero-order valence-corrected chi connectivity index (χ0v) is 23.4. The first-order valence-corrected chi connectivity index (χ1v) is 12.8. The molecule has 0 saturated heterocycles. The van der Waals surface area contributed by atoms with Crippen LogP contribution in [0.4, 0.5) is 0 Å². The summed E-state index contributed by atoms with van der Waals surface area (Å²) in [4.78, 5) is 54.2. The summed E-state index contributed by atoms with van der Waals surface area (Å²) in [5.74, 6) is -1.31. The molecule has 37 heavy (non-hydrogen) atoms. The molecule has 2 aromatic heterocycles. The van der Waals surface area contributed by atoms with Crippen molar-refractivity contribution in [1.82, 2.24) is 9.13 Å². The van der Waals surface area contributed by atoms with Crippen LogP contribution in [-0.2, 0) is 31.1 Å². The summed E-state index contributed by atoms with van der Waals surface area (Å²) in [5, 5.41) is 0.173. The lowest BCUT2D eigenvalue weighted by Gasteiger charge is -2.30. The predicted molar refractivity (Wildman–Crippen MR) is 142 cm³/mol. The fraction of sp³-hybridized carbons (Fsp3) is 0.481. The molecule has 0 fully saturated rings. The van der Waals surface area contributed by atoms with Crippen molar-refractivity contribution in [2.75, 3.05) is 13.7 Å². The summed E-state index contributed by atoms with van der Waals surface area (Å²) in [6.45, 7) is 11.6. The molecule has 0 aliphatic heterocycles. The minimum absolute atomic E-state index is 0.0444. The Morgan fingerprint density at radius 3 is 2.22 bits per heavy atom. The molecule has 0 saturated carbocycles. The molecule has 200 valence electrons. The fourth-order valence-electron chi connectivity index (χ4n) is 4.04. The van der Waals surface area contributed by atoms with Gasteiger partial charge in [0.25, 0.3) is 5.56 Å². The monoisotopic (exact) mass is 530 g/mol. The summed E-state index contributed by atoms with van der Waals surface area (Å²) < 4.78 is 18.8. The second-order valence-electron chi connectivity index (χ2n) is 10.2. The molecule has 1 atom stereocenters. The van der Waals surface area contributed by atoms with Crippen LogP contribution in [0.1, 0.15) is 68.4 Å². The van der Waals surface area contributed by atoms with Crippen molar-refractivity contribution >= 4 is 33.5 Å². The lowest BCUT2D eigenvalue weighted by molar-refractivity contribution is -0.164. The van der Waals surface area contributed by atoms with Crippen LogP contribution >= 0.6 is 11.3 Å². The molecule has 9 nitrogen and oxygen atoms in total. The van der Waals surface area contributed by atoms with Gasteiger partial charge in [0.1, 0.15) is 27.0 Å². The van der Waals surface area contributed by atoms with Gasteiger partial charge in [-0.2, -0.15) is 0 Å². The van der Waals surface area contributed by atoms with Gasteiger partial charge in [-0.1, -0.05) is 30.3 Å². The zero-order valence-electron chi connectivity index (χ0n) is 22.5. The van der Waals surface area contributed by atoms with Crippen LogP contribution in [0.25, 0.3) is 10.2 Å². The highest BCUT2D eigenvalue weighted by Gasteiger charge is 2.39. The summed E-state index contributed by atoms with van der Waals surface area (Å²) in [5.41, 5.74) is -2.63. The first-order valence-electron chi connectivity index (χ1n) is 12.0. The average molecular weight is 531 g/mol. The van der Waals surface area contributed by atoms with Crippen LogP contribution in [0.5, 0.6) is 0 Å². The molecule has 0 aliphatic carbocycles. The van der Waals surface area contributed by atoms with E-state index in [2.05, 4.69) is 0 Å². The average Bonchev–Trinajstić information content (AvgIpc) is 3.16. The molecular weight excluding hydrogens is 496 g/mol. The van der Waals surface area contributed by atoms with Gasteiger partial charge in [0.2, 0.25) is 0 Å². The molecule has 0 bridgehead atoms. The maximum atomic E-state index is 14.0. The zero-order chi connectivity index (χ0) is 27.7. The fourth-order valence-corrected chi connectivity index (χ4v) is 5.23. The molecule has 0 spiro atoms. The number of aryl methyl sites for hydroxylation is 1. The van der Waals surface area contributed by atoms with E-state index in [0.29, 0.717) is 10.4 Å². The van der Waals surface area contributed by atoms with Crippen LogP contribution in [0.15, 0.2) is 39.9 Å². The number of fused-ring (bicyclic) bond motifs is 1. The quantitative estimate of drug-likeness (QED) is 0.402. The Balaban J connectivity index is 2.36. The largest absolute Gasteiger partial charge is 0.462 e. The Bertz CT molecular complexity index is 1430. The van der Waals surface area contributed by atoms with E-state index >= 15 is 0 Å². The van der Waals surface area contributed by atoms with E-state index in [0.717, 1.165) is 21.5 Å².